The SMILES string of the molecule is Cc1c(-c2cccc(NS(=O)(=O)c3sc4ccc(Cl)cc4c3C)c2)nc(Nc2ccc(Cl)cc2)[nH]c1=O. The molecular formula is C26H20Cl2N4O3S2. The first kappa shape index (κ1) is 25.3. The van der Waals surface area contributed by atoms with Crippen LogP contribution in [-0.4, -0.2) is 18.4 Å². The number of anilines is 3. The fraction of sp³-hybridized carbons (Fsp3) is 0.0769. The molecule has 0 aliphatic rings. The molecule has 11 heteroatoms. The van der Waals surface area contributed by atoms with Crippen molar-refractivity contribution in [3.05, 3.63) is 98.3 Å². The summed E-state index contributed by atoms with van der Waals surface area (Å²) in [5, 5.41) is 5.00. The molecule has 5 aromatic rings. The molecule has 3 aromatic carbocycles. The molecule has 0 bridgehead atoms. The molecule has 7 nitrogen and oxygen atoms in total. The zero-order chi connectivity index (χ0) is 26.3. The van der Waals surface area contributed by atoms with Gasteiger partial charge in [0, 0.05) is 37.2 Å². The lowest BCUT2D eigenvalue weighted by molar-refractivity contribution is 0.603. The molecule has 0 atom stereocenters. The Kier molecular flexibility index (Phi) is 6.72. The lowest BCUT2D eigenvalue weighted by Crippen LogP contribution is -2.15. The largest absolute Gasteiger partial charge is 0.326 e. The number of fused-ring (bicyclic) bond motifs is 1. The third kappa shape index (κ3) is 5.21. The van der Waals surface area contributed by atoms with Crippen molar-refractivity contribution < 1.29 is 8.42 Å². The number of sulfonamides is 1. The number of aryl methyl sites for hydroxylation is 1. The molecular weight excluding hydrogens is 551 g/mol. The second kappa shape index (κ2) is 9.83. The number of H-pyrrole nitrogens is 1. The standard InChI is InChI=1S/C26H20Cl2N4O3S2/c1-14-21-13-18(28)8-11-22(21)36-25(14)37(34,35)32-20-5-3-4-16(12-20)23-15(2)24(33)31-26(30-23)29-19-9-6-17(27)7-10-19/h3-13,32H,1-2H3,(H2,29,30,31,33). The molecule has 0 radical (unpaired) electrons. The number of nitrogens with zero attached hydrogens (tertiary/aromatic N) is 1. The number of benzene rings is 3. The van der Waals surface area contributed by atoms with Crippen LogP contribution in [0.5, 0.6) is 0 Å². The molecule has 37 heavy (non-hydrogen) atoms. The van der Waals surface area contributed by atoms with Gasteiger partial charge in [0.25, 0.3) is 15.6 Å². The summed E-state index contributed by atoms with van der Waals surface area (Å²) in [5.74, 6) is 0.249. The van der Waals surface area contributed by atoms with E-state index < -0.39 is 10.0 Å². The minimum Gasteiger partial charge on any atom is -0.326 e. The van der Waals surface area contributed by atoms with E-state index in [0.29, 0.717) is 43.8 Å². The van der Waals surface area contributed by atoms with Gasteiger partial charge in [-0.3, -0.25) is 14.5 Å². The van der Waals surface area contributed by atoms with Crippen molar-refractivity contribution in [3.63, 3.8) is 0 Å². The Morgan fingerprint density at radius 3 is 2.38 bits per heavy atom. The number of hydrogen-bond donors (Lipinski definition) is 3. The molecule has 188 valence electrons. The van der Waals surface area contributed by atoms with E-state index in [-0.39, 0.29) is 15.7 Å². The maximum atomic E-state index is 13.3. The van der Waals surface area contributed by atoms with Crippen molar-refractivity contribution in [3.8, 4) is 11.3 Å². The van der Waals surface area contributed by atoms with Crippen LogP contribution in [0.1, 0.15) is 11.1 Å². The second-order valence-electron chi connectivity index (χ2n) is 8.36. The lowest BCUT2D eigenvalue weighted by Gasteiger charge is -2.12. The van der Waals surface area contributed by atoms with Crippen molar-refractivity contribution >= 4 is 72.0 Å². The molecule has 0 fully saturated rings. The van der Waals surface area contributed by atoms with Crippen LogP contribution in [-0.2, 0) is 10.0 Å². The zero-order valence-corrected chi connectivity index (χ0v) is 22.7. The van der Waals surface area contributed by atoms with Crippen molar-refractivity contribution in [2.24, 2.45) is 0 Å². The summed E-state index contributed by atoms with van der Waals surface area (Å²) >= 11 is 13.2. The molecule has 2 aromatic heterocycles. The van der Waals surface area contributed by atoms with Crippen LogP contribution in [0.3, 0.4) is 0 Å². The number of aromatic nitrogens is 2. The number of thiophene rings is 1. The number of aromatic amines is 1. The summed E-state index contributed by atoms with van der Waals surface area (Å²) in [5.41, 5.74) is 2.78. The van der Waals surface area contributed by atoms with Crippen LogP contribution in [0.2, 0.25) is 10.0 Å². The topological polar surface area (TPSA) is 104 Å². The molecule has 0 saturated heterocycles. The molecule has 0 spiro atoms. The van der Waals surface area contributed by atoms with E-state index in [2.05, 4.69) is 20.0 Å². The Labute approximate surface area is 227 Å². The van der Waals surface area contributed by atoms with Gasteiger partial charge < -0.3 is 5.32 Å². The summed E-state index contributed by atoms with van der Waals surface area (Å²) < 4.78 is 30.3. The van der Waals surface area contributed by atoms with Gasteiger partial charge in [0.2, 0.25) is 5.95 Å². The highest BCUT2D eigenvalue weighted by Gasteiger charge is 2.22. The fourth-order valence-corrected chi connectivity index (χ4v) is 7.00. The highest BCUT2D eigenvalue weighted by Crippen LogP contribution is 2.36. The third-order valence-electron chi connectivity index (χ3n) is 5.75. The lowest BCUT2D eigenvalue weighted by atomic mass is 10.1. The number of halogens is 2. The summed E-state index contributed by atoms with van der Waals surface area (Å²) in [4.78, 5) is 19.9. The average Bonchev–Trinajstić information content (AvgIpc) is 3.19. The Bertz CT molecular complexity index is 1810. The third-order valence-corrected chi connectivity index (χ3v) is 9.51. The molecule has 5 rings (SSSR count). The van der Waals surface area contributed by atoms with Crippen LogP contribution < -0.4 is 15.6 Å². The van der Waals surface area contributed by atoms with E-state index in [1.54, 1.807) is 74.5 Å². The summed E-state index contributed by atoms with van der Waals surface area (Å²) in [6.07, 6.45) is 0. The fourth-order valence-electron chi connectivity index (χ4n) is 3.90. The minimum absolute atomic E-state index is 0.218. The molecule has 0 amide bonds. The van der Waals surface area contributed by atoms with E-state index in [4.69, 9.17) is 23.2 Å². The van der Waals surface area contributed by atoms with Crippen LogP contribution in [0, 0.1) is 13.8 Å². The van der Waals surface area contributed by atoms with Gasteiger partial charge in [-0.2, -0.15) is 0 Å². The predicted octanol–water partition coefficient (Wildman–Crippen LogP) is 7.12. The Morgan fingerprint density at radius 1 is 0.892 bits per heavy atom. The molecule has 0 aliphatic carbocycles. The van der Waals surface area contributed by atoms with E-state index in [9.17, 15) is 13.2 Å². The van der Waals surface area contributed by atoms with Crippen LogP contribution in [0.25, 0.3) is 21.3 Å². The molecule has 3 N–H and O–H groups in total. The highest BCUT2D eigenvalue weighted by molar-refractivity contribution is 7.94. The Morgan fingerprint density at radius 2 is 1.62 bits per heavy atom. The minimum atomic E-state index is -3.87. The Balaban J connectivity index is 1.48. The van der Waals surface area contributed by atoms with E-state index in [0.717, 1.165) is 10.1 Å². The van der Waals surface area contributed by atoms with Crippen molar-refractivity contribution in [1.29, 1.82) is 0 Å². The van der Waals surface area contributed by atoms with Gasteiger partial charge in [0.15, 0.2) is 0 Å². The van der Waals surface area contributed by atoms with Crippen LogP contribution in [0.4, 0.5) is 17.3 Å². The molecule has 2 heterocycles. The van der Waals surface area contributed by atoms with Crippen LogP contribution in [0.15, 0.2) is 75.7 Å². The number of rotatable bonds is 6. The van der Waals surface area contributed by atoms with Crippen molar-refractivity contribution in [2.45, 2.75) is 18.1 Å². The Hall–Kier alpha value is -3.37. The molecule has 0 unspecified atom stereocenters. The quantitative estimate of drug-likeness (QED) is 0.201. The van der Waals surface area contributed by atoms with Crippen LogP contribution >= 0.6 is 34.5 Å². The first-order valence-electron chi connectivity index (χ1n) is 11.1. The van der Waals surface area contributed by atoms with Gasteiger partial charge in [0.05, 0.1) is 5.69 Å². The predicted molar refractivity (Wildman–Crippen MR) is 152 cm³/mol. The summed E-state index contributed by atoms with van der Waals surface area (Å²) in [7, 11) is -3.87. The number of nitrogens with one attached hydrogen (secondary N) is 3. The van der Waals surface area contributed by atoms with E-state index in [1.807, 2.05) is 6.07 Å². The van der Waals surface area contributed by atoms with Gasteiger partial charge in [-0.1, -0.05) is 35.3 Å². The second-order valence-corrected chi connectivity index (χ2v) is 12.2. The van der Waals surface area contributed by atoms with Gasteiger partial charge >= 0.3 is 0 Å². The van der Waals surface area contributed by atoms with Crippen molar-refractivity contribution in [1.82, 2.24) is 9.97 Å². The summed E-state index contributed by atoms with van der Waals surface area (Å²) in [6.45, 7) is 3.43. The maximum Gasteiger partial charge on any atom is 0.271 e. The highest BCUT2D eigenvalue weighted by atomic mass is 35.5. The van der Waals surface area contributed by atoms with Gasteiger partial charge in [-0.05, 0) is 79.4 Å². The van der Waals surface area contributed by atoms with E-state index in [1.165, 1.54) is 11.3 Å². The molecule has 0 saturated carbocycles. The van der Waals surface area contributed by atoms with Gasteiger partial charge in [-0.25, -0.2) is 13.4 Å². The zero-order valence-electron chi connectivity index (χ0n) is 19.6. The van der Waals surface area contributed by atoms with Crippen molar-refractivity contribution in [2.75, 3.05) is 10.0 Å². The van der Waals surface area contributed by atoms with Gasteiger partial charge in [0.1, 0.15) is 4.21 Å². The molecule has 0 aliphatic heterocycles. The first-order valence-corrected chi connectivity index (χ1v) is 14.1. The normalized spacial score (nSPS) is 11.6. The number of hydrogen-bond acceptors (Lipinski definition) is 6. The maximum absolute atomic E-state index is 13.3. The summed E-state index contributed by atoms with van der Waals surface area (Å²) in [6, 6.07) is 19.1. The smallest absolute Gasteiger partial charge is 0.271 e. The first-order chi connectivity index (χ1) is 17.6. The average molecular weight is 572 g/mol. The van der Waals surface area contributed by atoms with Gasteiger partial charge in [-0.15, -0.1) is 11.3 Å². The monoisotopic (exact) mass is 570 g/mol. The van der Waals surface area contributed by atoms with E-state index >= 15 is 0 Å².